The molecule has 2 fully saturated rings. The average molecular weight is 734 g/mol. The molecule has 0 bridgehead atoms. The molecule has 286 valence electrons. The molecule has 2 heterocycles. The van der Waals surface area contributed by atoms with Crippen LogP contribution in [0.2, 0.25) is 0 Å². The Kier molecular flexibility index (Phi) is 11.6. The minimum absolute atomic E-state index is 0.0546. The van der Waals surface area contributed by atoms with Gasteiger partial charge < -0.3 is 19.9 Å². The number of carbonyl (C=O) groups excluding carboxylic acids is 1. The molecule has 0 radical (unpaired) electrons. The number of nitrogens with one attached hydrogen (secondary N) is 1. The first kappa shape index (κ1) is 38.8. The molecule has 1 saturated carbocycles. The van der Waals surface area contributed by atoms with E-state index in [9.17, 15) is 32.7 Å². The number of amides is 1. The topological polar surface area (TPSA) is 91.6 Å². The van der Waals surface area contributed by atoms with Crippen LogP contribution in [-0.2, 0) is 28.6 Å². The van der Waals surface area contributed by atoms with E-state index in [1.165, 1.54) is 29.2 Å². The third kappa shape index (κ3) is 8.58. The third-order valence-corrected chi connectivity index (χ3v) is 11.8. The molecule has 1 saturated heterocycles. The Hall–Kier alpha value is -3.92. The summed E-state index contributed by atoms with van der Waals surface area (Å²) >= 11 is 0. The third-order valence-electron chi connectivity index (χ3n) is 11.8. The Bertz CT molecular complexity index is 1880. The number of alkyl halides is 3. The van der Waals surface area contributed by atoms with Gasteiger partial charge in [-0.15, -0.1) is 0 Å². The summed E-state index contributed by atoms with van der Waals surface area (Å²) in [7, 11) is 0. The van der Waals surface area contributed by atoms with Gasteiger partial charge in [-0.3, -0.25) is 14.4 Å². The van der Waals surface area contributed by atoms with Crippen molar-refractivity contribution in [2.75, 3.05) is 13.1 Å². The molecule has 1 aromatic heterocycles. The quantitative estimate of drug-likeness (QED) is 0.205. The molecule has 2 atom stereocenters. The lowest BCUT2D eigenvalue weighted by Gasteiger charge is -2.37. The number of aromatic nitrogens is 1. The number of benzene rings is 2. The summed E-state index contributed by atoms with van der Waals surface area (Å²) in [5, 5.41) is 13.0. The van der Waals surface area contributed by atoms with Gasteiger partial charge in [0.05, 0.1) is 18.0 Å². The van der Waals surface area contributed by atoms with E-state index in [4.69, 9.17) is 0 Å². The van der Waals surface area contributed by atoms with Crippen molar-refractivity contribution < 1.29 is 27.9 Å². The van der Waals surface area contributed by atoms with Crippen LogP contribution in [0.15, 0.2) is 41.3 Å². The first-order chi connectivity index (χ1) is 25.1. The highest BCUT2D eigenvalue weighted by molar-refractivity contribution is 5.82. The van der Waals surface area contributed by atoms with E-state index < -0.39 is 53.6 Å². The highest BCUT2D eigenvalue weighted by atomic mass is 19.4. The second kappa shape index (κ2) is 15.8. The van der Waals surface area contributed by atoms with Gasteiger partial charge in [0.2, 0.25) is 5.91 Å². The number of likely N-dealkylation sites (tertiary alicyclic amines) is 1. The molecule has 3 aromatic rings. The molecule has 2 N–H and O–H groups in total. The molecule has 6 rings (SSSR count). The lowest BCUT2D eigenvalue weighted by molar-refractivity contribution is -0.139. The molecule has 2 unspecified atom stereocenters. The van der Waals surface area contributed by atoms with Crippen molar-refractivity contribution in [3.05, 3.63) is 91.4 Å². The Morgan fingerprint density at radius 1 is 0.925 bits per heavy atom. The van der Waals surface area contributed by atoms with Crippen LogP contribution in [0, 0.1) is 26.7 Å². The molecular weight excluding hydrogens is 679 g/mol. The predicted molar refractivity (Wildman–Crippen MR) is 201 cm³/mol. The standard InChI is InChI=1S/C43H54F3N3O4/c1-25(2)17-38(49-24-35(36(22-39(49)50)43(44,45)46)29-13-15-48(16-14-29)32-10-6-7-11-32)42(53)47-37(23-40(51)52)31-20-30-9-8-12-33(30)34(21-31)41-27(4)18-26(3)19-28(41)5/h18-22,24-25,29,32,37-38H,6-17,23H2,1-5H3,(H,47,53)(H,51,52). The Balaban J connectivity index is 1.36. The number of nitrogens with zero attached hydrogens (tertiary/aromatic N) is 2. The van der Waals surface area contributed by atoms with Gasteiger partial charge in [-0.05, 0) is 148 Å². The van der Waals surface area contributed by atoms with E-state index in [1.54, 1.807) is 0 Å². The Labute approximate surface area is 311 Å². The Morgan fingerprint density at radius 2 is 1.58 bits per heavy atom. The van der Waals surface area contributed by atoms with Crippen molar-refractivity contribution in [2.45, 2.75) is 135 Å². The number of pyridine rings is 1. The number of halogens is 3. The maximum Gasteiger partial charge on any atom is 0.416 e. The van der Waals surface area contributed by atoms with E-state index in [-0.39, 0.29) is 17.9 Å². The number of rotatable bonds is 11. The number of carboxylic acids is 1. The van der Waals surface area contributed by atoms with Crippen molar-refractivity contribution in [1.29, 1.82) is 0 Å². The van der Waals surface area contributed by atoms with Crippen LogP contribution in [-0.4, -0.2) is 45.6 Å². The molecule has 10 heteroatoms. The number of fused-ring (bicyclic) bond motifs is 1. The minimum Gasteiger partial charge on any atom is -0.481 e. The summed E-state index contributed by atoms with van der Waals surface area (Å²) in [6.45, 7) is 11.4. The fraction of sp³-hybridized carbons (Fsp3) is 0.558. The Morgan fingerprint density at radius 3 is 2.19 bits per heavy atom. The van der Waals surface area contributed by atoms with Crippen molar-refractivity contribution >= 4 is 11.9 Å². The van der Waals surface area contributed by atoms with Crippen molar-refractivity contribution in [3.8, 4) is 11.1 Å². The summed E-state index contributed by atoms with van der Waals surface area (Å²) < 4.78 is 44.7. The van der Waals surface area contributed by atoms with Crippen LogP contribution in [0.1, 0.15) is 134 Å². The molecule has 53 heavy (non-hydrogen) atoms. The van der Waals surface area contributed by atoms with Crippen LogP contribution < -0.4 is 10.9 Å². The number of aryl methyl sites for hydroxylation is 4. The highest BCUT2D eigenvalue weighted by Crippen LogP contribution is 2.41. The summed E-state index contributed by atoms with van der Waals surface area (Å²) in [5.41, 5.74) is 6.78. The molecule has 2 aromatic carbocycles. The van der Waals surface area contributed by atoms with Gasteiger partial charge in [-0.25, -0.2) is 0 Å². The zero-order chi connectivity index (χ0) is 38.2. The zero-order valence-electron chi connectivity index (χ0n) is 31.7. The van der Waals surface area contributed by atoms with Crippen LogP contribution in [0.25, 0.3) is 11.1 Å². The largest absolute Gasteiger partial charge is 0.481 e. The fourth-order valence-corrected chi connectivity index (χ4v) is 9.47. The number of piperidine rings is 1. The smallest absolute Gasteiger partial charge is 0.416 e. The molecule has 7 nitrogen and oxygen atoms in total. The average Bonchev–Trinajstić information content (AvgIpc) is 3.79. The van der Waals surface area contributed by atoms with Crippen LogP contribution in [0.5, 0.6) is 0 Å². The molecule has 1 aliphatic heterocycles. The van der Waals surface area contributed by atoms with E-state index in [1.807, 2.05) is 26.0 Å². The maximum atomic E-state index is 14.5. The lowest BCUT2D eigenvalue weighted by atomic mass is 9.86. The monoisotopic (exact) mass is 733 g/mol. The van der Waals surface area contributed by atoms with Gasteiger partial charge in [-0.1, -0.05) is 50.5 Å². The number of carbonyl (C=O) groups is 2. The number of carboxylic acid groups (broad SMARTS) is 1. The van der Waals surface area contributed by atoms with Crippen LogP contribution >= 0.6 is 0 Å². The molecule has 2 aliphatic carbocycles. The van der Waals surface area contributed by atoms with Crippen LogP contribution in [0.3, 0.4) is 0 Å². The molecule has 3 aliphatic rings. The second-order valence-corrected chi connectivity index (χ2v) is 16.3. The predicted octanol–water partition coefficient (Wildman–Crippen LogP) is 8.99. The van der Waals surface area contributed by atoms with Gasteiger partial charge in [0.15, 0.2) is 0 Å². The number of hydrogen-bond donors (Lipinski definition) is 2. The number of aliphatic carboxylic acids is 1. The normalized spacial score (nSPS) is 18.4. The second-order valence-electron chi connectivity index (χ2n) is 16.3. The fourth-order valence-electron chi connectivity index (χ4n) is 9.47. The highest BCUT2D eigenvalue weighted by Gasteiger charge is 2.39. The molecular formula is C43H54F3N3O4. The van der Waals surface area contributed by atoms with Gasteiger partial charge >= 0.3 is 12.1 Å². The number of hydrogen-bond acceptors (Lipinski definition) is 4. The summed E-state index contributed by atoms with van der Waals surface area (Å²) in [4.78, 5) is 42.7. The zero-order valence-corrected chi connectivity index (χ0v) is 31.7. The summed E-state index contributed by atoms with van der Waals surface area (Å²) in [6.07, 6.45) is 4.77. The first-order valence-electron chi connectivity index (χ1n) is 19.4. The van der Waals surface area contributed by atoms with Gasteiger partial charge in [-0.2, -0.15) is 13.2 Å². The van der Waals surface area contributed by atoms with Crippen molar-refractivity contribution in [3.63, 3.8) is 0 Å². The van der Waals surface area contributed by atoms with Gasteiger partial charge in [0, 0.05) is 18.3 Å². The van der Waals surface area contributed by atoms with E-state index >= 15 is 0 Å². The summed E-state index contributed by atoms with van der Waals surface area (Å²) in [6, 6.07) is 7.36. The van der Waals surface area contributed by atoms with Gasteiger partial charge in [0.25, 0.3) is 5.56 Å². The van der Waals surface area contributed by atoms with Crippen molar-refractivity contribution in [1.82, 2.24) is 14.8 Å². The van der Waals surface area contributed by atoms with Crippen LogP contribution in [0.4, 0.5) is 13.2 Å². The van der Waals surface area contributed by atoms with Crippen molar-refractivity contribution in [2.24, 2.45) is 5.92 Å². The lowest BCUT2D eigenvalue weighted by Crippen LogP contribution is -2.42. The van der Waals surface area contributed by atoms with E-state index in [0.29, 0.717) is 43.6 Å². The minimum atomic E-state index is -4.72. The van der Waals surface area contributed by atoms with E-state index in [0.717, 1.165) is 65.5 Å². The SMILES string of the molecule is Cc1cc(C)c(-c2cc(C(CC(=O)O)NC(=O)C(CC(C)C)n3cc(C4CCN(C5CCCC5)CC4)c(C(F)(F)F)cc3=O)cc3c2CCC3)c(C)c1. The molecule has 1 amide bonds. The van der Waals surface area contributed by atoms with E-state index in [2.05, 4.69) is 43.1 Å². The first-order valence-corrected chi connectivity index (χ1v) is 19.4. The van der Waals surface area contributed by atoms with Gasteiger partial charge in [0.1, 0.15) is 6.04 Å². The maximum absolute atomic E-state index is 14.5. The molecule has 0 spiro atoms. The summed E-state index contributed by atoms with van der Waals surface area (Å²) in [5.74, 6) is -2.18.